The molecule has 0 aromatic heterocycles. The highest BCUT2D eigenvalue weighted by Crippen LogP contribution is 2.21. The predicted molar refractivity (Wildman–Crippen MR) is 101 cm³/mol. The van der Waals surface area contributed by atoms with Crippen molar-refractivity contribution >= 4 is 5.91 Å². The monoisotopic (exact) mass is 347 g/mol. The summed E-state index contributed by atoms with van der Waals surface area (Å²) in [6.07, 6.45) is 0. The van der Waals surface area contributed by atoms with Crippen LogP contribution in [0.15, 0.2) is 78.9 Å². The molecule has 3 aromatic rings. The summed E-state index contributed by atoms with van der Waals surface area (Å²) in [5.41, 5.74) is 2.51. The van der Waals surface area contributed by atoms with Crippen LogP contribution in [0.2, 0.25) is 0 Å². The average molecular weight is 347 g/mol. The molecule has 1 amide bonds. The molecule has 0 spiro atoms. The number of hydrogen-bond donors (Lipinski definition) is 1. The van der Waals surface area contributed by atoms with Gasteiger partial charge in [0, 0.05) is 19.2 Å². The fourth-order valence-electron chi connectivity index (χ4n) is 2.60. The molecule has 0 saturated heterocycles. The summed E-state index contributed by atoms with van der Waals surface area (Å²) in [6, 6.07) is 24.8. The molecule has 0 aliphatic carbocycles. The van der Waals surface area contributed by atoms with Gasteiger partial charge in [-0.05, 0) is 41.5 Å². The number of carbonyl (C=O) groups excluding carboxylic acids is 1. The molecule has 0 saturated carbocycles. The zero-order valence-corrected chi connectivity index (χ0v) is 14.6. The van der Waals surface area contributed by atoms with Crippen LogP contribution < -0.4 is 10.1 Å². The van der Waals surface area contributed by atoms with E-state index in [4.69, 9.17) is 9.47 Å². The molecule has 0 aliphatic rings. The van der Waals surface area contributed by atoms with E-state index in [9.17, 15) is 4.79 Å². The highest BCUT2D eigenvalue weighted by Gasteiger charge is 2.10. The molecule has 0 aliphatic heterocycles. The lowest BCUT2D eigenvalue weighted by Crippen LogP contribution is -2.24. The van der Waals surface area contributed by atoms with Crippen LogP contribution in [0.4, 0.5) is 0 Å². The second kappa shape index (κ2) is 8.83. The number of benzene rings is 3. The molecule has 0 atom stereocenters. The third kappa shape index (κ3) is 4.71. The Hall–Kier alpha value is -3.11. The molecule has 0 unspecified atom stereocenters. The Morgan fingerprint density at radius 1 is 0.846 bits per heavy atom. The van der Waals surface area contributed by atoms with E-state index in [-0.39, 0.29) is 5.91 Å². The molecule has 1 N–H and O–H groups in total. The lowest BCUT2D eigenvalue weighted by atomic mass is 10.1. The predicted octanol–water partition coefficient (Wildman–Crippen LogP) is 4.56. The Kier molecular flexibility index (Phi) is 6.01. The molecule has 4 nitrogen and oxygen atoms in total. The van der Waals surface area contributed by atoms with Gasteiger partial charge >= 0.3 is 0 Å². The van der Waals surface area contributed by atoms with Gasteiger partial charge < -0.3 is 14.8 Å². The minimum Gasteiger partial charge on any atom is -0.457 e. The number of para-hydroxylation sites is 1. The molecule has 0 heterocycles. The van der Waals surface area contributed by atoms with Crippen molar-refractivity contribution in [1.82, 2.24) is 5.32 Å². The second-order valence-electron chi connectivity index (χ2n) is 5.83. The fourth-order valence-corrected chi connectivity index (χ4v) is 2.60. The van der Waals surface area contributed by atoms with E-state index in [0.717, 1.165) is 22.6 Å². The van der Waals surface area contributed by atoms with E-state index in [1.54, 1.807) is 13.2 Å². The number of nitrogens with one attached hydrogen (secondary N) is 1. The summed E-state index contributed by atoms with van der Waals surface area (Å²) in [5, 5.41) is 2.95. The third-order valence-electron chi connectivity index (χ3n) is 3.92. The van der Waals surface area contributed by atoms with Crippen molar-refractivity contribution in [2.75, 3.05) is 7.11 Å². The maximum absolute atomic E-state index is 12.4. The number of amides is 1. The number of methoxy groups -OCH3 is 1. The molecular weight excluding hydrogens is 326 g/mol. The van der Waals surface area contributed by atoms with Crippen LogP contribution in [0.3, 0.4) is 0 Å². The van der Waals surface area contributed by atoms with Crippen LogP contribution >= 0.6 is 0 Å². The largest absolute Gasteiger partial charge is 0.457 e. The maximum Gasteiger partial charge on any atom is 0.251 e. The molecular formula is C22H21NO3. The van der Waals surface area contributed by atoms with E-state index < -0.39 is 0 Å². The normalized spacial score (nSPS) is 10.3. The minimum atomic E-state index is -0.109. The Labute approximate surface area is 153 Å². The van der Waals surface area contributed by atoms with Gasteiger partial charge in [0.2, 0.25) is 0 Å². The van der Waals surface area contributed by atoms with E-state index in [0.29, 0.717) is 18.7 Å². The van der Waals surface area contributed by atoms with E-state index in [1.807, 2.05) is 72.8 Å². The van der Waals surface area contributed by atoms with Crippen molar-refractivity contribution in [3.8, 4) is 11.5 Å². The van der Waals surface area contributed by atoms with Crippen LogP contribution in [0.5, 0.6) is 11.5 Å². The van der Waals surface area contributed by atoms with Gasteiger partial charge in [-0.3, -0.25) is 4.79 Å². The molecule has 26 heavy (non-hydrogen) atoms. The molecule has 0 fully saturated rings. The first-order chi connectivity index (χ1) is 12.8. The fraction of sp³-hybridized carbons (Fsp3) is 0.136. The molecule has 0 bridgehead atoms. The van der Waals surface area contributed by atoms with E-state index in [2.05, 4.69) is 5.32 Å². The zero-order valence-electron chi connectivity index (χ0n) is 14.6. The molecule has 3 aromatic carbocycles. The van der Waals surface area contributed by atoms with Gasteiger partial charge in [-0.15, -0.1) is 0 Å². The van der Waals surface area contributed by atoms with Gasteiger partial charge in [0.15, 0.2) is 0 Å². The first-order valence-corrected chi connectivity index (χ1v) is 8.43. The lowest BCUT2D eigenvalue weighted by Gasteiger charge is -2.10. The van der Waals surface area contributed by atoms with Crippen molar-refractivity contribution < 1.29 is 14.3 Å². The molecule has 3 rings (SSSR count). The van der Waals surface area contributed by atoms with Crippen molar-refractivity contribution in [2.45, 2.75) is 13.2 Å². The molecule has 4 heteroatoms. The highest BCUT2D eigenvalue weighted by atomic mass is 16.5. The van der Waals surface area contributed by atoms with Crippen molar-refractivity contribution in [1.29, 1.82) is 0 Å². The number of carbonyl (C=O) groups is 1. The van der Waals surface area contributed by atoms with Crippen LogP contribution in [0.1, 0.15) is 21.5 Å². The first kappa shape index (κ1) is 17.7. The minimum absolute atomic E-state index is 0.109. The third-order valence-corrected chi connectivity index (χ3v) is 3.92. The van der Waals surface area contributed by atoms with Crippen molar-refractivity contribution in [3.05, 3.63) is 95.6 Å². The molecule has 0 radical (unpaired) electrons. The van der Waals surface area contributed by atoms with Crippen molar-refractivity contribution in [2.24, 2.45) is 0 Å². The van der Waals surface area contributed by atoms with Gasteiger partial charge in [0.25, 0.3) is 5.91 Å². The summed E-state index contributed by atoms with van der Waals surface area (Å²) in [5.74, 6) is 1.45. The van der Waals surface area contributed by atoms with Gasteiger partial charge in [-0.1, -0.05) is 48.5 Å². The Morgan fingerprint density at radius 3 is 2.23 bits per heavy atom. The van der Waals surface area contributed by atoms with Gasteiger partial charge in [0.05, 0.1) is 6.61 Å². The summed E-state index contributed by atoms with van der Waals surface area (Å²) in [6.45, 7) is 0.862. The zero-order chi connectivity index (χ0) is 18.2. The smallest absolute Gasteiger partial charge is 0.251 e. The standard InChI is InChI=1S/C22H21NO3/c1-25-16-18-7-5-6-10-21(18)22(24)23-15-17-11-13-20(14-12-17)26-19-8-3-2-4-9-19/h2-14H,15-16H2,1H3,(H,23,24). The second-order valence-corrected chi connectivity index (χ2v) is 5.83. The number of ether oxygens (including phenoxy) is 2. The summed E-state index contributed by atoms with van der Waals surface area (Å²) in [7, 11) is 1.62. The number of hydrogen-bond acceptors (Lipinski definition) is 3. The van der Waals surface area contributed by atoms with Crippen LogP contribution in [0, 0.1) is 0 Å². The van der Waals surface area contributed by atoms with Crippen LogP contribution in [-0.4, -0.2) is 13.0 Å². The quantitative estimate of drug-likeness (QED) is 0.682. The Balaban J connectivity index is 1.59. The number of rotatable bonds is 7. The Bertz CT molecular complexity index is 845. The van der Waals surface area contributed by atoms with Gasteiger partial charge in [0.1, 0.15) is 11.5 Å². The molecule has 132 valence electrons. The summed E-state index contributed by atoms with van der Waals surface area (Å²) in [4.78, 5) is 12.4. The van der Waals surface area contributed by atoms with E-state index >= 15 is 0 Å². The average Bonchev–Trinajstić information content (AvgIpc) is 2.69. The topological polar surface area (TPSA) is 47.6 Å². The highest BCUT2D eigenvalue weighted by molar-refractivity contribution is 5.95. The Morgan fingerprint density at radius 2 is 1.50 bits per heavy atom. The van der Waals surface area contributed by atoms with Crippen molar-refractivity contribution in [3.63, 3.8) is 0 Å². The van der Waals surface area contributed by atoms with Crippen LogP contribution in [0.25, 0.3) is 0 Å². The first-order valence-electron chi connectivity index (χ1n) is 8.43. The lowest BCUT2D eigenvalue weighted by molar-refractivity contribution is 0.0946. The SMILES string of the molecule is COCc1ccccc1C(=O)NCc1ccc(Oc2ccccc2)cc1. The van der Waals surface area contributed by atoms with Crippen LogP contribution in [-0.2, 0) is 17.9 Å². The maximum atomic E-state index is 12.4. The van der Waals surface area contributed by atoms with E-state index in [1.165, 1.54) is 0 Å². The van der Waals surface area contributed by atoms with Gasteiger partial charge in [-0.25, -0.2) is 0 Å². The van der Waals surface area contributed by atoms with Gasteiger partial charge in [-0.2, -0.15) is 0 Å². The summed E-state index contributed by atoms with van der Waals surface area (Å²) < 4.78 is 10.9. The summed E-state index contributed by atoms with van der Waals surface area (Å²) >= 11 is 0.